The van der Waals surface area contributed by atoms with Gasteiger partial charge in [0.2, 0.25) is 0 Å². The third-order valence-electron chi connectivity index (χ3n) is 6.20. The van der Waals surface area contributed by atoms with Gasteiger partial charge < -0.3 is 9.64 Å². The number of nitrogens with zero attached hydrogens (tertiary/aromatic N) is 3. The normalized spacial score (nSPS) is 23.7. The van der Waals surface area contributed by atoms with E-state index in [9.17, 15) is 0 Å². The summed E-state index contributed by atoms with van der Waals surface area (Å²) in [7, 11) is 3.98. The fourth-order valence-corrected chi connectivity index (χ4v) is 4.84. The molecular weight excluding hydrogens is 393 g/mol. The summed E-state index contributed by atoms with van der Waals surface area (Å²) in [5, 5.41) is 0. The summed E-state index contributed by atoms with van der Waals surface area (Å²) in [4.78, 5) is 9.96. The number of hydrogen-bond donors (Lipinski definition) is 0. The molecule has 1 aromatic carbocycles. The highest BCUT2D eigenvalue weighted by atomic mass is 35.5. The minimum absolute atomic E-state index is 0. The summed E-state index contributed by atoms with van der Waals surface area (Å²) in [6, 6.07) is 13.5. The summed E-state index contributed by atoms with van der Waals surface area (Å²) >= 11 is 0. The van der Waals surface area contributed by atoms with Gasteiger partial charge in [0.15, 0.2) is 0 Å². The Morgan fingerprint density at radius 2 is 1.75 bits per heavy atom. The number of ether oxygens (including phenoxy) is 1. The number of benzene rings is 1. The first-order chi connectivity index (χ1) is 12.6. The SMILES string of the molecule is CCc1nc(N2C[C@@H]3CN(C)[C@@H](c4ccc(OC)cc4)[C@@H]3C2)ccc1C.Cl.Cl. The van der Waals surface area contributed by atoms with Crippen molar-refractivity contribution in [2.45, 2.75) is 26.3 Å². The van der Waals surface area contributed by atoms with E-state index in [1.165, 1.54) is 16.8 Å². The molecule has 0 N–H and O–H groups in total. The molecule has 154 valence electrons. The van der Waals surface area contributed by atoms with E-state index in [1.807, 2.05) is 0 Å². The second kappa shape index (κ2) is 9.34. The van der Waals surface area contributed by atoms with Gasteiger partial charge in [-0.15, -0.1) is 24.8 Å². The molecule has 2 aromatic rings. The van der Waals surface area contributed by atoms with Gasteiger partial charge in [0, 0.05) is 37.3 Å². The largest absolute Gasteiger partial charge is 0.497 e. The fourth-order valence-electron chi connectivity index (χ4n) is 4.84. The molecule has 2 aliphatic heterocycles. The molecule has 0 amide bonds. The number of fused-ring (bicyclic) bond motifs is 1. The maximum atomic E-state index is 5.32. The Labute approximate surface area is 181 Å². The third-order valence-corrected chi connectivity index (χ3v) is 6.20. The first kappa shape index (κ1) is 22.8. The summed E-state index contributed by atoms with van der Waals surface area (Å²) in [6.45, 7) is 7.70. The summed E-state index contributed by atoms with van der Waals surface area (Å²) in [6.07, 6.45) is 0.998. The number of likely N-dealkylation sites (tertiary alicyclic amines) is 1. The van der Waals surface area contributed by atoms with Crippen molar-refractivity contribution in [1.29, 1.82) is 0 Å². The fraction of sp³-hybridized carbons (Fsp3) is 0.500. The lowest BCUT2D eigenvalue weighted by Gasteiger charge is -2.27. The molecule has 3 heterocycles. The van der Waals surface area contributed by atoms with Crippen LogP contribution in [-0.2, 0) is 6.42 Å². The van der Waals surface area contributed by atoms with Gasteiger partial charge in [-0.2, -0.15) is 0 Å². The lowest BCUT2D eigenvalue weighted by Crippen LogP contribution is -2.29. The van der Waals surface area contributed by atoms with E-state index < -0.39 is 0 Å². The van der Waals surface area contributed by atoms with Gasteiger partial charge in [-0.25, -0.2) is 4.98 Å². The van der Waals surface area contributed by atoms with Gasteiger partial charge >= 0.3 is 0 Å². The van der Waals surface area contributed by atoms with Crippen molar-refractivity contribution in [2.24, 2.45) is 11.8 Å². The minimum Gasteiger partial charge on any atom is -0.497 e. The maximum Gasteiger partial charge on any atom is 0.128 e. The van der Waals surface area contributed by atoms with Gasteiger partial charge in [0.25, 0.3) is 0 Å². The molecule has 6 heteroatoms. The molecule has 4 nitrogen and oxygen atoms in total. The molecule has 2 fully saturated rings. The topological polar surface area (TPSA) is 28.6 Å². The van der Waals surface area contributed by atoms with E-state index in [0.717, 1.165) is 37.6 Å². The van der Waals surface area contributed by atoms with Crippen molar-refractivity contribution >= 4 is 30.6 Å². The second-order valence-corrected chi connectivity index (χ2v) is 7.77. The average Bonchev–Trinajstić information content (AvgIpc) is 3.19. The van der Waals surface area contributed by atoms with E-state index in [-0.39, 0.29) is 24.8 Å². The molecule has 0 spiro atoms. The lowest BCUT2D eigenvalue weighted by molar-refractivity contribution is 0.279. The molecule has 1 aromatic heterocycles. The highest BCUT2D eigenvalue weighted by molar-refractivity contribution is 5.85. The minimum atomic E-state index is 0. The Balaban J connectivity index is 0.00000140. The molecule has 0 radical (unpaired) electrons. The van der Waals surface area contributed by atoms with Crippen LogP contribution in [0.5, 0.6) is 5.75 Å². The van der Waals surface area contributed by atoms with Gasteiger partial charge in [-0.05, 0) is 55.6 Å². The Kier molecular flexibility index (Phi) is 7.60. The Morgan fingerprint density at radius 3 is 2.39 bits per heavy atom. The Morgan fingerprint density at radius 1 is 1.04 bits per heavy atom. The zero-order valence-electron chi connectivity index (χ0n) is 17.1. The zero-order chi connectivity index (χ0) is 18.3. The number of methoxy groups -OCH3 is 1. The van der Waals surface area contributed by atoms with Crippen molar-refractivity contribution in [3.05, 3.63) is 53.2 Å². The third kappa shape index (κ3) is 4.10. The molecule has 4 rings (SSSR count). The summed E-state index contributed by atoms with van der Waals surface area (Å²) < 4.78 is 5.32. The average molecular weight is 424 g/mol. The van der Waals surface area contributed by atoms with Gasteiger partial charge in [0.05, 0.1) is 7.11 Å². The highest BCUT2D eigenvalue weighted by Crippen LogP contribution is 2.45. The number of rotatable bonds is 4. The molecule has 3 atom stereocenters. The molecule has 0 bridgehead atoms. The van der Waals surface area contributed by atoms with Crippen molar-refractivity contribution in [1.82, 2.24) is 9.88 Å². The molecule has 2 saturated heterocycles. The molecule has 28 heavy (non-hydrogen) atoms. The molecule has 2 aliphatic rings. The Hall–Kier alpha value is -1.49. The van der Waals surface area contributed by atoms with Gasteiger partial charge in [-0.3, -0.25) is 4.90 Å². The number of aryl methyl sites for hydroxylation is 2. The van der Waals surface area contributed by atoms with Crippen molar-refractivity contribution in [3.8, 4) is 5.75 Å². The van der Waals surface area contributed by atoms with E-state index in [1.54, 1.807) is 7.11 Å². The lowest BCUT2D eigenvalue weighted by atomic mass is 9.89. The monoisotopic (exact) mass is 423 g/mol. The number of halogens is 2. The van der Waals surface area contributed by atoms with Crippen molar-refractivity contribution in [3.63, 3.8) is 0 Å². The standard InChI is InChI=1S/C22H29N3O.2ClH/c1-5-20-15(2)6-11-21(23-20)25-13-17-12-24(3)22(19(17)14-25)16-7-9-18(26-4)10-8-16;;/h6-11,17,19,22H,5,12-14H2,1-4H3;2*1H/t17-,19+,22-;;/m0../s1. The maximum absolute atomic E-state index is 5.32. The number of hydrogen-bond acceptors (Lipinski definition) is 4. The van der Waals surface area contributed by atoms with Crippen LogP contribution in [0.4, 0.5) is 5.82 Å². The van der Waals surface area contributed by atoms with Crippen LogP contribution in [0.3, 0.4) is 0 Å². The molecule has 0 unspecified atom stereocenters. The van der Waals surface area contributed by atoms with Crippen LogP contribution in [0.1, 0.15) is 29.8 Å². The van der Waals surface area contributed by atoms with E-state index in [2.05, 4.69) is 67.1 Å². The van der Waals surface area contributed by atoms with E-state index in [4.69, 9.17) is 9.72 Å². The number of aromatic nitrogens is 1. The van der Waals surface area contributed by atoms with Crippen LogP contribution in [0.25, 0.3) is 0 Å². The molecular formula is C22H31Cl2N3O. The van der Waals surface area contributed by atoms with Crippen molar-refractivity contribution in [2.75, 3.05) is 38.7 Å². The van der Waals surface area contributed by atoms with Crippen LogP contribution in [0.2, 0.25) is 0 Å². The van der Waals surface area contributed by atoms with E-state index >= 15 is 0 Å². The van der Waals surface area contributed by atoms with Gasteiger partial charge in [0.1, 0.15) is 11.6 Å². The Bertz CT molecular complexity index is 784. The smallest absolute Gasteiger partial charge is 0.128 e. The first-order valence-corrected chi connectivity index (χ1v) is 9.66. The predicted octanol–water partition coefficient (Wildman–Crippen LogP) is 4.54. The summed E-state index contributed by atoms with van der Waals surface area (Å²) in [5.74, 6) is 3.44. The van der Waals surface area contributed by atoms with Gasteiger partial charge in [-0.1, -0.05) is 25.1 Å². The second-order valence-electron chi connectivity index (χ2n) is 7.77. The van der Waals surface area contributed by atoms with Crippen LogP contribution < -0.4 is 9.64 Å². The first-order valence-electron chi connectivity index (χ1n) is 9.66. The predicted molar refractivity (Wildman–Crippen MR) is 120 cm³/mol. The van der Waals surface area contributed by atoms with Crippen LogP contribution in [0.15, 0.2) is 36.4 Å². The quantitative estimate of drug-likeness (QED) is 0.721. The summed E-state index contributed by atoms with van der Waals surface area (Å²) in [5.41, 5.74) is 3.92. The van der Waals surface area contributed by atoms with Crippen LogP contribution in [0, 0.1) is 18.8 Å². The van der Waals surface area contributed by atoms with Crippen LogP contribution >= 0.6 is 24.8 Å². The van der Waals surface area contributed by atoms with Crippen LogP contribution in [-0.4, -0.2) is 43.7 Å². The molecule has 0 saturated carbocycles. The molecule has 0 aliphatic carbocycles. The van der Waals surface area contributed by atoms with E-state index in [0.29, 0.717) is 17.9 Å². The number of anilines is 1. The highest BCUT2D eigenvalue weighted by Gasteiger charge is 2.46. The van der Waals surface area contributed by atoms with Crippen molar-refractivity contribution < 1.29 is 4.74 Å². The number of pyridine rings is 1. The zero-order valence-corrected chi connectivity index (χ0v) is 18.7.